The Hall–Kier alpha value is -2.66. The van der Waals surface area contributed by atoms with Gasteiger partial charge in [-0.2, -0.15) is 0 Å². The molecule has 1 saturated carbocycles. The van der Waals surface area contributed by atoms with Crippen molar-refractivity contribution >= 4 is 16.6 Å². The van der Waals surface area contributed by atoms with Crippen molar-refractivity contribution in [3.05, 3.63) is 47.5 Å². The lowest BCUT2D eigenvalue weighted by atomic mass is 9.99. The van der Waals surface area contributed by atoms with Crippen LogP contribution >= 0.6 is 0 Å². The van der Waals surface area contributed by atoms with E-state index in [0.29, 0.717) is 12.0 Å². The van der Waals surface area contributed by atoms with Crippen LogP contribution in [0, 0.1) is 6.92 Å². The van der Waals surface area contributed by atoms with Gasteiger partial charge in [-0.25, -0.2) is 0 Å². The van der Waals surface area contributed by atoms with Crippen LogP contribution in [0.4, 0.5) is 5.82 Å². The molecule has 3 N–H and O–H groups in total. The van der Waals surface area contributed by atoms with Crippen molar-refractivity contribution in [3.63, 3.8) is 0 Å². The van der Waals surface area contributed by atoms with Gasteiger partial charge in [0, 0.05) is 28.9 Å². The molecule has 2 fully saturated rings. The monoisotopic (exact) mass is 374 g/mol. The van der Waals surface area contributed by atoms with E-state index in [9.17, 15) is 5.11 Å². The summed E-state index contributed by atoms with van der Waals surface area (Å²) in [6.45, 7) is 4.01. The molecule has 1 aliphatic heterocycles. The number of hydrogen-bond acceptors (Lipinski definition) is 5. The first-order valence-corrected chi connectivity index (χ1v) is 10.3. The fourth-order valence-electron chi connectivity index (χ4n) is 4.16. The Morgan fingerprint density at radius 3 is 2.68 bits per heavy atom. The highest BCUT2D eigenvalue weighted by Crippen LogP contribution is 2.43. The molecule has 0 radical (unpaired) electrons. The Morgan fingerprint density at radius 1 is 1.04 bits per heavy atom. The third-order valence-corrected chi connectivity index (χ3v) is 5.90. The lowest BCUT2D eigenvalue weighted by Gasteiger charge is -2.25. The third-order valence-electron chi connectivity index (χ3n) is 5.90. The van der Waals surface area contributed by atoms with Gasteiger partial charge in [-0.1, -0.05) is 18.2 Å². The molecule has 144 valence electrons. The molecule has 2 heterocycles. The zero-order valence-corrected chi connectivity index (χ0v) is 16.2. The number of aromatic nitrogens is 2. The van der Waals surface area contributed by atoms with Crippen LogP contribution in [0.25, 0.3) is 22.0 Å². The SMILES string of the molecule is Cc1ccc(-c2nnc(N[C@@H]3CCCNC3)c3cc(C4CC4)ccc23)c(O)c1. The van der Waals surface area contributed by atoms with Gasteiger partial charge >= 0.3 is 0 Å². The largest absolute Gasteiger partial charge is 0.507 e. The lowest BCUT2D eigenvalue weighted by Crippen LogP contribution is -2.38. The van der Waals surface area contributed by atoms with Crippen molar-refractivity contribution < 1.29 is 5.11 Å². The number of aryl methyl sites for hydroxylation is 1. The number of fused-ring (bicyclic) bond motifs is 1. The molecule has 0 unspecified atom stereocenters. The molecule has 1 atom stereocenters. The molecule has 0 spiro atoms. The molecule has 1 saturated heterocycles. The van der Waals surface area contributed by atoms with E-state index in [1.807, 2.05) is 19.1 Å². The minimum Gasteiger partial charge on any atom is -0.507 e. The third kappa shape index (κ3) is 3.31. The average Bonchev–Trinajstić information content (AvgIpc) is 3.55. The highest BCUT2D eigenvalue weighted by Gasteiger charge is 2.25. The minimum atomic E-state index is 0.249. The van der Waals surface area contributed by atoms with Gasteiger partial charge in [0.25, 0.3) is 0 Å². The van der Waals surface area contributed by atoms with Gasteiger partial charge in [-0.05, 0) is 74.4 Å². The van der Waals surface area contributed by atoms with Crippen molar-refractivity contribution in [1.82, 2.24) is 15.5 Å². The lowest BCUT2D eigenvalue weighted by molar-refractivity contribution is 0.476. The number of piperidine rings is 1. The molecule has 0 amide bonds. The van der Waals surface area contributed by atoms with Crippen LogP contribution in [0.3, 0.4) is 0 Å². The van der Waals surface area contributed by atoms with Crippen LogP contribution in [0.15, 0.2) is 36.4 Å². The predicted molar refractivity (Wildman–Crippen MR) is 113 cm³/mol. The summed E-state index contributed by atoms with van der Waals surface area (Å²) in [4.78, 5) is 0. The Bertz CT molecular complexity index is 1020. The maximum Gasteiger partial charge on any atom is 0.156 e. The number of phenolic OH excluding ortho intramolecular Hbond substituents is 1. The number of anilines is 1. The van der Waals surface area contributed by atoms with Gasteiger partial charge in [-0.15, -0.1) is 10.2 Å². The van der Waals surface area contributed by atoms with Gasteiger partial charge in [0.15, 0.2) is 5.82 Å². The van der Waals surface area contributed by atoms with Crippen molar-refractivity contribution in [2.24, 2.45) is 0 Å². The van der Waals surface area contributed by atoms with E-state index >= 15 is 0 Å². The summed E-state index contributed by atoms with van der Waals surface area (Å²) < 4.78 is 0. The second-order valence-corrected chi connectivity index (χ2v) is 8.18. The second kappa shape index (κ2) is 7.06. The molecule has 28 heavy (non-hydrogen) atoms. The zero-order chi connectivity index (χ0) is 19.1. The summed E-state index contributed by atoms with van der Waals surface area (Å²) >= 11 is 0. The molecule has 2 aliphatic rings. The summed E-state index contributed by atoms with van der Waals surface area (Å²) in [5, 5.41) is 28.8. The quantitative estimate of drug-likeness (QED) is 0.633. The van der Waals surface area contributed by atoms with Gasteiger partial charge in [-0.3, -0.25) is 0 Å². The van der Waals surface area contributed by atoms with E-state index in [1.165, 1.54) is 24.8 Å². The van der Waals surface area contributed by atoms with Gasteiger partial charge < -0.3 is 15.7 Å². The first-order valence-electron chi connectivity index (χ1n) is 10.3. The fraction of sp³-hybridized carbons (Fsp3) is 0.391. The summed E-state index contributed by atoms with van der Waals surface area (Å²) in [5.74, 6) is 1.78. The van der Waals surface area contributed by atoms with Crippen molar-refractivity contribution in [2.75, 3.05) is 18.4 Å². The second-order valence-electron chi connectivity index (χ2n) is 8.18. The van der Waals surface area contributed by atoms with Gasteiger partial charge in [0.05, 0.1) is 0 Å². The summed E-state index contributed by atoms with van der Waals surface area (Å²) in [6, 6.07) is 12.7. The van der Waals surface area contributed by atoms with Crippen LogP contribution in [-0.4, -0.2) is 34.4 Å². The smallest absolute Gasteiger partial charge is 0.156 e. The predicted octanol–water partition coefficient (Wildman–Crippen LogP) is 4.35. The normalized spacial score (nSPS) is 19.7. The molecule has 0 bridgehead atoms. The van der Waals surface area contributed by atoms with Crippen LogP contribution in [0.2, 0.25) is 0 Å². The number of nitrogens with zero attached hydrogens (tertiary/aromatic N) is 2. The first kappa shape index (κ1) is 17.4. The van der Waals surface area contributed by atoms with E-state index in [4.69, 9.17) is 0 Å². The highest BCUT2D eigenvalue weighted by molar-refractivity contribution is 6.01. The molecule has 1 aromatic heterocycles. The Kier molecular flexibility index (Phi) is 4.40. The van der Waals surface area contributed by atoms with E-state index in [2.05, 4.69) is 39.0 Å². The van der Waals surface area contributed by atoms with E-state index in [0.717, 1.165) is 52.9 Å². The number of benzene rings is 2. The molecule has 5 rings (SSSR count). The van der Waals surface area contributed by atoms with Crippen molar-refractivity contribution in [2.45, 2.75) is 44.6 Å². The first-order chi connectivity index (χ1) is 13.7. The molecule has 1 aliphatic carbocycles. The van der Waals surface area contributed by atoms with Crippen LogP contribution < -0.4 is 10.6 Å². The number of aromatic hydroxyl groups is 1. The number of nitrogens with one attached hydrogen (secondary N) is 2. The standard InChI is InChI=1S/C23H26N4O/c1-14-4-8-19(21(28)11-14)22-18-9-7-16(15-5-6-15)12-20(18)23(27-26-22)25-17-3-2-10-24-13-17/h4,7-9,11-12,15,17,24,28H,2-3,5-6,10,13H2,1H3,(H,25,27)/t17-/m1/s1. The molecule has 5 nitrogen and oxygen atoms in total. The molecule has 5 heteroatoms. The Labute approximate surface area is 165 Å². The average molecular weight is 374 g/mol. The zero-order valence-electron chi connectivity index (χ0n) is 16.2. The molecule has 2 aromatic carbocycles. The minimum absolute atomic E-state index is 0.249. The van der Waals surface area contributed by atoms with Crippen LogP contribution in [0.5, 0.6) is 5.75 Å². The number of hydrogen-bond donors (Lipinski definition) is 3. The number of phenols is 1. The fourth-order valence-corrected chi connectivity index (χ4v) is 4.16. The summed E-state index contributed by atoms with van der Waals surface area (Å²) in [5.41, 5.74) is 3.87. The maximum absolute atomic E-state index is 10.5. The Balaban J connectivity index is 1.63. The highest BCUT2D eigenvalue weighted by atomic mass is 16.3. The van der Waals surface area contributed by atoms with E-state index < -0.39 is 0 Å². The van der Waals surface area contributed by atoms with Crippen molar-refractivity contribution in [1.29, 1.82) is 0 Å². The molecular weight excluding hydrogens is 348 g/mol. The molecule has 3 aromatic rings. The Morgan fingerprint density at radius 2 is 1.93 bits per heavy atom. The van der Waals surface area contributed by atoms with E-state index in [1.54, 1.807) is 6.07 Å². The van der Waals surface area contributed by atoms with Gasteiger partial charge in [0.1, 0.15) is 11.4 Å². The van der Waals surface area contributed by atoms with E-state index in [-0.39, 0.29) is 5.75 Å². The number of rotatable bonds is 4. The maximum atomic E-state index is 10.5. The van der Waals surface area contributed by atoms with Gasteiger partial charge in [0.2, 0.25) is 0 Å². The van der Waals surface area contributed by atoms with Crippen LogP contribution in [0.1, 0.15) is 42.7 Å². The summed E-state index contributed by atoms with van der Waals surface area (Å²) in [6.07, 6.45) is 4.85. The van der Waals surface area contributed by atoms with Crippen molar-refractivity contribution in [3.8, 4) is 17.0 Å². The summed E-state index contributed by atoms with van der Waals surface area (Å²) in [7, 11) is 0. The molecular formula is C23H26N4O. The van der Waals surface area contributed by atoms with Crippen LogP contribution in [-0.2, 0) is 0 Å². The topological polar surface area (TPSA) is 70.1 Å².